The number of carbonyl (C=O) groups excluding carboxylic acids is 2. The summed E-state index contributed by atoms with van der Waals surface area (Å²) < 4.78 is 4.93. The van der Waals surface area contributed by atoms with Gasteiger partial charge in [-0.3, -0.25) is 4.79 Å². The van der Waals surface area contributed by atoms with Crippen molar-refractivity contribution in [2.75, 3.05) is 11.9 Å². The standard InChI is InChI=1S/C17H18N4O3/c1-2-24-16(23)11-3-5-14(6-4-11)21-17-18-9-12(10-19-17)15(22)20-13-7-8-13/h3-6,9-10,13H,2,7-8H2,1H3,(H,20,22)(H,18,19,21). The molecule has 3 rings (SSSR count). The van der Waals surface area contributed by atoms with Crippen LogP contribution < -0.4 is 10.6 Å². The lowest BCUT2D eigenvalue weighted by Crippen LogP contribution is -2.25. The van der Waals surface area contributed by atoms with Crippen LogP contribution in [0.5, 0.6) is 0 Å². The Balaban J connectivity index is 1.61. The number of nitrogens with one attached hydrogen (secondary N) is 2. The molecule has 0 aliphatic heterocycles. The lowest BCUT2D eigenvalue weighted by atomic mass is 10.2. The Morgan fingerprint density at radius 1 is 1.12 bits per heavy atom. The molecule has 2 N–H and O–H groups in total. The highest BCUT2D eigenvalue weighted by Gasteiger charge is 2.24. The molecule has 1 saturated carbocycles. The Morgan fingerprint density at radius 3 is 2.38 bits per heavy atom. The summed E-state index contributed by atoms with van der Waals surface area (Å²) in [5.41, 5.74) is 1.65. The van der Waals surface area contributed by atoms with Crippen molar-refractivity contribution < 1.29 is 14.3 Å². The van der Waals surface area contributed by atoms with E-state index in [1.54, 1.807) is 31.2 Å². The van der Waals surface area contributed by atoms with Gasteiger partial charge in [0.05, 0.1) is 17.7 Å². The van der Waals surface area contributed by atoms with Crippen molar-refractivity contribution >= 4 is 23.5 Å². The van der Waals surface area contributed by atoms with Crippen LogP contribution in [-0.2, 0) is 4.74 Å². The Hall–Kier alpha value is -2.96. The molecule has 1 aromatic carbocycles. The molecule has 124 valence electrons. The molecule has 1 heterocycles. The number of anilines is 2. The number of aromatic nitrogens is 2. The van der Waals surface area contributed by atoms with Crippen molar-refractivity contribution in [3.63, 3.8) is 0 Å². The monoisotopic (exact) mass is 326 g/mol. The van der Waals surface area contributed by atoms with E-state index in [1.165, 1.54) is 12.4 Å². The number of hydrogen-bond donors (Lipinski definition) is 2. The minimum atomic E-state index is -0.355. The molecule has 7 nitrogen and oxygen atoms in total. The van der Waals surface area contributed by atoms with Gasteiger partial charge >= 0.3 is 5.97 Å². The summed E-state index contributed by atoms with van der Waals surface area (Å²) in [6.45, 7) is 2.10. The van der Waals surface area contributed by atoms with Gasteiger partial charge in [-0.25, -0.2) is 14.8 Å². The molecule has 2 aromatic rings. The maximum absolute atomic E-state index is 11.9. The Bertz CT molecular complexity index is 725. The highest BCUT2D eigenvalue weighted by Crippen LogP contribution is 2.19. The fraction of sp³-hybridized carbons (Fsp3) is 0.294. The quantitative estimate of drug-likeness (QED) is 0.791. The van der Waals surface area contributed by atoms with E-state index in [-0.39, 0.29) is 11.9 Å². The van der Waals surface area contributed by atoms with Crippen molar-refractivity contribution in [1.29, 1.82) is 0 Å². The molecule has 7 heteroatoms. The van der Waals surface area contributed by atoms with E-state index >= 15 is 0 Å². The van der Waals surface area contributed by atoms with E-state index in [9.17, 15) is 9.59 Å². The van der Waals surface area contributed by atoms with Crippen molar-refractivity contribution in [3.8, 4) is 0 Å². The zero-order valence-electron chi connectivity index (χ0n) is 13.3. The van der Waals surface area contributed by atoms with E-state index in [0.29, 0.717) is 29.7 Å². The molecule has 1 aliphatic carbocycles. The summed E-state index contributed by atoms with van der Waals surface area (Å²) in [7, 11) is 0. The van der Waals surface area contributed by atoms with Crippen LogP contribution in [0.1, 0.15) is 40.5 Å². The van der Waals surface area contributed by atoms with Crippen LogP contribution in [0.3, 0.4) is 0 Å². The molecular formula is C17H18N4O3. The van der Waals surface area contributed by atoms with Crippen LogP contribution in [-0.4, -0.2) is 34.5 Å². The first-order chi connectivity index (χ1) is 11.7. The van der Waals surface area contributed by atoms with E-state index in [0.717, 1.165) is 18.5 Å². The average Bonchev–Trinajstić information content (AvgIpc) is 3.40. The molecule has 0 radical (unpaired) electrons. The number of carbonyl (C=O) groups is 2. The molecule has 0 spiro atoms. The summed E-state index contributed by atoms with van der Waals surface area (Å²) in [6, 6.07) is 7.11. The molecule has 0 saturated heterocycles. The van der Waals surface area contributed by atoms with Gasteiger partial charge in [-0.05, 0) is 44.0 Å². The van der Waals surface area contributed by atoms with Crippen molar-refractivity contribution in [1.82, 2.24) is 15.3 Å². The maximum atomic E-state index is 11.9. The van der Waals surface area contributed by atoms with Gasteiger partial charge < -0.3 is 15.4 Å². The summed E-state index contributed by atoms with van der Waals surface area (Å²) in [5, 5.41) is 5.90. The van der Waals surface area contributed by atoms with Gasteiger partial charge in [-0.1, -0.05) is 0 Å². The van der Waals surface area contributed by atoms with Crippen molar-refractivity contribution in [2.45, 2.75) is 25.8 Å². The highest BCUT2D eigenvalue weighted by molar-refractivity contribution is 5.94. The second kappa shape index (κ2) is 7.08. The summed E-state index contributed by atoms with van der Waals surface area (Å²) in [4.78, 5) is 31.7. The zero-order chi connectivity index (χ0) is 16.9. The molecule has 24 heavy (non-hydrogen) atoms. The van der Waals surface area contributed by atoms with E-state index < -0.39 is 0 Å². The molecule has 1 aromatic heterocycles. The minimum absolute atomic E-state index is 0.150. The predicted octanol–water partition coefficient (Wildman–Crippen LogP) is 2.29. The Kier molecular flexibility index (Phi) is 4.69. The fourth-order valence-corrected chi connectivity index (χ4v) is 2.04. The number of rotatable bonds is 6. The number of esters is 1. The number of ether oxygens (including phenoxy) is 1. The minimum Gasteiger partial charge on any atom is -0.462 e. The van der Waals surface area contributed by atoms with Gasteiger partial charge in [0.25, 0.3) is 5.91 Å². The third-order valence-corrected chi connectivity index (χ3v) is 3.48. The second-order valence-corrected chi connectivity index (χ2v) is 5.47. The highest BCUT2D eigenvalue weighted by atomic mass is 16.5. The first kappa shape index (κ1) is 15.9. The summed E-state index contributed by atoms with van der Waals surface area (Å²) >= 11 is 0. The van der Waals surface area contributed by atoms with Crippen LogP contribution in [0.2, 0.25) is 0 Å². The molecule has 0 unspecified atom stereocenters. The lowest BCUT2D eigenvalue weighted by molar-refractivity contribution is 0.0526. The van der Waals surface area contributed by atoms with E-state index in [4.69, 9.17) is 4.74 Å². The Labute approximate surface area is 139 Å². The van der Waals surface area contributed by atoms with Crippen LogP contribution in [0, 0.1) is 0 Å². The van der Waals surface area contributed by atoms with Crippen LogP contribution in [0.25, 0.3) is 0 Å². The van der Waals surface area contributed by atoms with Crippen molar-refractivity contribution in [3.05, 3.63) is 47.8 Å². The van der Waals surface area contributed by atoms with E-state index in [1.807, 2.05) is 0 Å². The zero-order valence-corrected chi connectivity index (χ0v) is 13.3. The summed E-state index contributed by atoms with van der Waals surface area (Å²) in [6.07, 6.45) is 5.04. The van der Waals surface area contributed by atoms with Gasteiger partial charge in [0, 0.05) is 24.1 Å². The van der Waals surface area contributed by atoms with Crippen LogP contribution in [0.15, 0.2) is 36.7 Å². The number of nitrogens with zero attached hydrogens (tertiary/aromatic N) is 2. The van der Waals surface area contributed by atoms with E-state index in [2.05, 4.69) is 20.6 Å². The van der Waals surface area contributed by atoms with Gasteiger partial charge in [0.1, 0.15) is 0 Å². The Morgan fingerprint density at radius 2 is 1.79 bits per heavy atom. The van der Waals surface area contributed by atoms with Gasteiger partial charge in [-0.15, -0.1) is 0 Å². The topological polar surface area (TPSA) is 93.2 Å². The molecular weight excluding hydrogens is 308 g/mol. The SMILES string of the molecule is CCOC(=O)c1ccc(Nc2ncc(C(=O)NC3CC3)cn2)cc1. The predicted molar refractivity (Wildman–Crippen MR) is 88.2 cm³/mol. The normalized spacial score (nSPS) is 13.2. The number of benzene rings is 1. The lowest BCUT2D eigenvalue weighted by Gasteiger charge is -2.07. The first-order valence-corrected chi connectivity index (χ1v) is 7.83. The second-order valence-electron chi connectivity index (χ2n) is 5.47. The largest absolute Gasteiger partial charge is 0.462 e. The van der Waals surface area contributed by atoms with Crippen LogP contribution >= 0.6 is 0 Å². The van der Waals surface area contributed by atoms with Crippen molar-refractivity contribution in [2.24, 2.45) is 0 Å². The molecule has 1 amide bonds. The molecule has 0 atom stereocenters. The molecule has 1 fully saturated rings. The maximum Gasteiger partial charge on any atom is 0.338 e. The third-order valence-electron chi connectivity index (χ3n) is 3.48. The average molecular weight is 326 g/mol. The smallest absolute Gasteiger partial charge is 0.338 e. The number of hydrogen-bond acceptors (Lipinski definition) is 6. The third kappa shape index (κ3) is 4.07. The van der Waals surface area contributed by atoms with Crippen LogP contribution in [0.4, 0.5) is 11.6 Å². The summed E-state index contributed by atoms with van der Waals surface area (Å²) in [5.74, 6) is -0.129. The fourth-order valence-electron chi connectivity index (χ4n) is 2.04. The number of amides is 1. The molecule has 1 aliphatic rings. The van der Waals surface area contributed by atoms with Gasteiger partial charge in [-0.2, -0.15) is 0 Å². The first-order valence-electron chi connectivity index (χ1n) is 7.83. The van der Waals surface area contributed by atoms with Gasteiger partial charge in [0.15, 0.2) is 0 Å². The molecule has 0 bridgehead atoms. The van der Waals surface area contributed by atoms with Gasteiger partial charge in [0.2, 0.25) is 5.95 Å².